The van der Waals surface area contributed by atoms with Crippen LogP contribution in [0.1, 0.15) is 12.8 Å². The molecule has 0 atom stereocenters. The highest BCUT2D eigenvalue weighted by Gasteiger charge is 2.35. The molecule has 0 radical (unpaired) electrons. The van der Waals surface area contributed by atoms with Crippen LogP contribution in [0.15, 0.2) is 0 Å². The first kappa shape index (κ1) is 9.06. The Morgan fingerprint density at radius 1 is 1.27 bits per heavy atom. The van der Waals surface area contributed by atoms with Crippen molar-refractivity contribution in [2.45, 2.75) is 12.8 Å². The molecule has 5 heteroatoms. The molecule has 1 saturated heterocycles. The van der Waals surface area contributed by atoms with Gasteiger partial charge < -0.3 is 0 Å². The first-order valence-electron chi connectivity index (χ1n) is 3.22. The number of carbonyl (C=O) groups is 2. The van der Waals surface area contributed by atoms with Crippen molar-refractivity contribution >= 4 is 35.3 Å². The van der Waals surface area contributed by atoms with E-state index in [0.717, 1.165) is 0 Å². The molecule has 2 amide bonds. The van der Waals surface area contributed by atoms with Gasteiger partial charge >= 0.3 is 0 Å². The zero-order valence-electron chi connectivity index (χ0n) is 6.46. The molecule has 1 aliphatic heterocycles. The van der Waals surface area contributed by atoms with Crippen molar-refractivity contribution in [3.63, 3.8) is 0 Å². The smallest absolute Gasteiger partial charge is 0.239 e. The maximum absolute atomic E-state index is 11.1. The van der Waals surface area contributed by atoms with E-state index in [4.69, 9.17) is 0 Å². The van der Waals surface area contributed by atoms with E-state index in [2.05, 4.69) is 14.8 Å². The van der Waals surface area contributed by atoms with Gasteiger partial charge in [0.15, 0.2) is 0 Å². The van der Waals surface area contributed by atoms with Gasteiger partial charge in [0.25, 0.3) is 0 Å². The fraction of sp³-hybridized carbons (Fsp3) is 0.667. The lowest BCUT2D eigenvalue weighted by atomic mass is 10.4. The van der Waals surface area contributed by atoms with Gasteiger partial charge in [-0.25, -0.2) is 4.31 Å². The molecular formula is C6H10BrNO2S. The predicted octanol–water partition coefficient (Wildman–Crippen LogP) is 1.42. The Bertz CT molecular complexity index is 195. The topological polar surface area (TPSA) is 37.4 Å². The molecule has 1 aliphatic rings. The summed E-state index contributed by atoms with van der Waals surface area (Å²) in [6, 6.07) is 0. The fourth-order valence-corrected chi connectivity index (χ4v) is 3.16. The molecule has 0 N–H and O–H groups in total. The SMILES string of the molecule is CS(C)(Br)N1C(=O)CCC1=O. The van der Waals surface area contributed by atoms with E-state index in [1.54, 1.807) is 0 Å². The molecule has 3 nitrogen and oxygen atoms in total. The van der Waals surface area contributed by atoms with Gasteiger partial charge in [-0.05, 0) is 27.3 Å². The van der Waals surface area contributed by atoms with Crippen molar-refractivity contribution in [1.82, 2.24) is 4.31 Å². The van der Waals surface area contributed by atoms with Crippen LogP contribution in [0.25, 0.3) is 0 Å². The second-order valence-electron chi connectivity index (χ2n) is 2.73. The summed E-state index contributed by atoms with van der Waals surface area (Å²) < 4.78 is 1.35. The zero-order valence-corrected chi connectivity index (χ0v) is 8.87. The van der Waals surface area contributed by atoms with Crippen LogP contribution >= 0.6 is 23.5 Å². The summed E-state index contributed by atoms with van der Waals surface area (Å²) in [6.07, 6.45) is 4.49. The Labute approximate surface area is 74.8 Å². The van der Waals surface area contributed by atoms with Crippen molar-refractivity contribution in [2.24, 2.45) is 0 Å². The Morgan fingerprint density at radius 2 is 1.64 bits per heavy atom. The van der Waals surface area contributed by atoms with E-state index in [1.807, 2.05) is 12.5 Å². The fourth-order valence-electron chi connectivity index (χ4n) is 1.04. The molecule has 0 spiro atoms. The van der Waals surface area contributed by atoms with Crippen molar-refractivity contribution < 1.29 is 9.59 Å². The first-order chi connectivity index (χ1) is 4.93. The molecule has 0 aromatic carbocycles. The molecule has 0 bridgehead atoms. The van der Waals surface area contributed by atoms with E-state index in [9.17, 15) is 9.59 Å². The Hall–Kier alpha value is -0.0300. The zero-order chi connectivity index (χ0) is 8.65. The van der Waals surface area contributed by atoms with Gasteiger partial charge in [0.2, 0.25) is 11.8 Å². The summed E-state index contributed by atoms with van der Waals surface area (Å²) in [4.78, 5) is 22.3. The van der Waals surface area contributed by atoms with E-state index in [0.29, 0.717) is 12.8 Å². The molecule has 1 fully saturated rings. The molecule has 0 unspecified atom stereocenters. The number of amides is 2. The van der Waals surface area contributed by atoms with E-state index >= 15 is 0 Å². The maximum Gasteiger partial charge on any atom is 0.239 e. The van der Waals surface area contributed by atoms with E-state index in [1.165, 1.54) is 4.31 Å². The van der Waals surface area contributed by atoms with Crippen molar-refractivity contribution in [1.29, 1.82) is 0 Å². The normalized spacial score (nSPS) is 21.2. The van der Waals surface area contributed by atoms with Crippen LogP contribution in [0.4, 0.5) is 0 Å². The van der Waals surface area contributed by atoms with Crippen LogP contribution in [0, 0.1) is 0 Å². The summed E-state index contributed by atoms with van der Waals surface area (Å²) in [5.41, 5.74) is 0. The van der Waals surface area contributed by atoms with Gasteiger partial charge in [-0.15, -0.1) is 8.65 Å². The van der Waals surface area contributed by atoms with E-state index in [-0.39, 0.29) is 11.8 Å². The van der Waals surface area contributed by atoms with Crippen LogP contribution < -0.4 is 0 Å². The standard InChI is InChI=1S/C6H10BrNO2S/c1-11(2,7)8-5(9)3-4-6(8)10/h3-4H2,1-2H3. The number of hydrogen-bond acceptors (Lipinski definition) is 2. The van der Waals surface area contributed by atoms with Gasteiger partial charge in [-0.3, -0.25) is 9.59 Å². The summed E-state index contributed by atoms with van der Waals surface area (Å²) in [5, 5.41) is 0. The van der Waals surface area contributed by atoms with Crippen LogP contribution in [-0.2, 0) is 9.59 Å². The lowest BCUT2D eigenvalue weighted by molar-refractivity contribution is -0.131. The summed E-state index contributed by atoms with van der Waals surface area (Å²) >= 11 is 3.35. The molecule has 0 aliphatic carbocycles. The Balaban J connectivity index is 2.85. The second-order valence-corrected chi connectivity index (χ2v) is 10.2. The molecule has 0 aromatic rings. The molecule has 0 saturated carbocycles. The minimum Gasteiger partial charge on any atom is -0.273 e. The van der Waals surface area contributed by atoms with Gasteiger partial charge in [0, 0.05) is 12.8 Å². The number of rotatable bonds is 1. The highest BCUT2D eigenvalue weighted by Crippen LogP contribution is 2.53. The lowest BCUT2D eigenvalue weighted by Crippen LogP contribution is -2.28. The molecule has 1 rings (SSSR count). The largest absolute Gasteiger partial charge is 0.273 e. The average Bonchev–Trinajstić information content (AvgIpc) is 2.08. The quantitative estimate of drug-likeness (QED) is 0.650. The van der Waals surface area contributed by atoms with Crippen LogP contribution in [0.3, 0.4) is 0 Å². The van der Waals surface area contributed by atoms with Crippen molar-refractivity contribution in [3.05, 3.63) is 0 Å². The highest BCUT2D eigenvalue weighted by atomic mass is 79.9. The highest BCUT2D eigenvalue weighted by molar-refractivity contribution is 9.57. The van der Waals surface area contributed by atoms with Gasteiger partial charge in [-0.2, -0.15) is 0 Å². The molecule has 64 valence electrons. The molecule has 0 aromatic heterocycles. The minimum absolute atomic E-state index is 0.0492. The Kier molecular flexibility index (Phi) is 2.29. The summed E-state index contributed by atoms with van der Waals surface area (Å²) in [5.74, 6) is -0.0984. The first-order valence-corrected chi connectivity index (χ1v) is 7.47. The number of nitrogens with zero attached hydrogens (tertiary/aromatic N) is 1. The predicted molar refractivity (Wildman–Crippen MR) is 49.5 cm³/mol. The molecule has 11 heavy (non-hydrogen) atoms. The number of halogens is 1. The molecular weight excluding hydrogens is 230 g/mol. The third-order valence-electron chi connectivity index (χ3n) is 1.44. The average molecular weight is 240 g/mol. The van der Waals surface area contributed by atoms with E-state index < -0.39 is 8.65 Å². The third-order valence-corrected chi connectivity index (χ3v) is 3.58. The van der Waals surface area contributed by atoms with Gasteiger partial charge in [0.05, 0.1) is 0 Å². The Morgan fingerprint density at radius 3 is 1.82 bits per heavy atom. The minimum atomic E-state index is -1.35. The number of carbonyl (C=O) groups excluding carboxylic acids is 2. The van der Waals surface area contributed by atoms with Crippen LogP contribution in [-0.4, -0.2) is 28.6 Å². The van der Waals surface area contributed by atoms with Crippen LogP contribution in [0.2, 0.25) is 0 Å². The summed E-state index contributed by atoms with van der Waals surface area (Å²) in [7, 11) is -1.35. The third kappa shape index (κ3) is 1.76. The van der Waals surface area contributed by atoms with Gasteiger partial charge in [0.1, 0.15) is 0 Å². The number of hydrogen-bond donors (Lipinski definition) is 0. The van der Waals surface area contributed by atoms with Crippen molar-refractivity contribution in [3.8, 4) is 0 Å². The maximum atomic E-state index is 11.1. The van der Waals surface area contributed by atoms with Crippen molar-refractivity contribution in [2.75, 3.05) is 12.5 Å². The van der Waals surface area contributed by atoms with Crippen LogP contribution in [0.5, 0.6) is 0 Å². The monoisotopic (exact) mass is 239 g/mol. The molecule has 1 heterocycles. The second kappa shape index (κ2) is 2.79. The van der Waals surface area contributed by atoms with Gasteiger partial charge in [-0.1, -0.05) is 0 Å². The number of imide groups is 1. The lowest BCUT2D eigenvalue weighted by Gasteiger charge is -2.32. The summed E-state index contributed by atoms with van der Waals surface area (Å²) in [6.45, 7) is 0.